The predicted octanol–water partition coefficient (Wildman–Crippen LogP) is 3.29. The zero-order valence-corrected chi connectivity index (χ0v) is 8.21. The van der Waals surface area contributed by atoms with Crippen LogP contribution in [0, 0.1) is 0 Å². The smallest absolute Gasteiger partial charge is 0.0812 e. The van der Waals surface area contributed by atoms with Gasteiger partial charge in [0.15, 0.2) is 0 Å². The Hall–Kier alpha value is -1.61. The quantitative estimate of drug-likeness (QED) is 0.641. The summed E-state index contributed by atoms with van der Waals surface area (Å²) >= 11 is 1.67. The summed E-state index contributed by atoms with van der Waals surface area (Å²) in [5, 5.41) is 0. The standard InChI is InChI=1S/C11H8N2S/c1-2-9(12-5-1)8-3-4-10-11(6-8)14-7-13-10/h1-7,12H. The number of nitrogens with one attached hydrogen (secondary N) is 1. The van der Waals surface area contributed by atoms with Gasteiger partial charge in [-0.2, -0.15) is 0 Å². The van der Waals surface area contributed by atoms with Gasteiger partial charge in [-0.05, 0) is 29.8 Å². The molecule has 0 saturated heterocycles. The number of H-pyrrole nitrogens is 1. The second kappa shape index (κ2) is 2.96. The van der Waals surface area contributed by atoms with Crippen molar-refractivity contribution in [2.24, 2.45) is 0 Å². The number of aromatic nitrogens is 2. The number of fused-ring (bicyclic) bond motifs is 1. The average molecular weight is 200 g/mol. The van der Waals surface area contributed by atoms with E-state index in [1.165, 1.54) is 10.3 Å². The van der Waals surface area contributed by atoms with Crippen molar-refractivity contribution in [3.63, 3.8) is 0 Å². The zero-order valence-electron chi connectivity index (χ0n) is 7.40. The Morgan fingerprint density at radius 1 is 1.21 bits per heavy atom. The van der Waals surface area contributed by atoms with Crippen molar-refractivity contribution >= 4 is 21.6 Å². The lowest BCUT2D eigenvalue weighted by Crippen LogP contribution is -1.75. The molecule has 2 nitrogen and oxygen atoms in total. The summed E-state index contributed by atoms with van der Waals surface area (Å²) in [6.45, 7) is 0. The van der Waals surface area contributed by atoms with Gasteiger partial charge in [0.2, 0.25) is 0 Å². The van der Waals surface area contributed by atoms with Gasteiger partial charge in [0.1, 0.15) is 0 Å². The van der Waals surface area contributed by atoms with E-state index in [-0.39, 0.29) is 0 Å². The first kappa shape index (κ1) is 7.76. The van der Waals surface area contributed by atoms with Crippen LogP contribution in [0.5, 0.6) is 0 Å². The summed E-state index contributed by atoms with van der Waals surface area (Å²) in [5.41, 5.74) is 5.32. The molecule has 68 valence electrons. The molecule has 1 aromatic carbocycles. The summed E-state index contributed by atoms with van der Waals surface area (Å²) in [5.74, 6) is 0. The number of hydrogen-bond donors (Lipinski definition) is 1. The largest absolute Gasteiger partial charge is 0.361 e. The van der Waals surface area contributed by atoms with E-state index in [9.17, 15) is 0 Å². The number of thiazole rings is 1. The van der Waals surface area contributed by atoms with E-state index >= 15 is 0 Å². The Kier molecular flexibility index (Phi) is 1.64. The van der Waals surface area contributed by atoms with E-state index in [0.29, 0.717) is 0 Å². The molecule has 3 heteroatoms. The van der Waals surface area contributed by atoms with Crippen LogP contribution in [0.15, 0.2) is 42.0 Å². The number of nitrogens with zero attached hydrogens (tertiary/aromatic N) is 1. The highest BCUT2D eigenvalue weighted by Gasteiger charge is 2.00. The van der Waals surface area contributed by atoms with Crippen LogP contribution in [0.2, 0.25) is 0 Å². The molecule has 0 fully saturated rings. The van der Waals surface area contributed by atoms with Crippen molar-refractivity contribution in [2.45, 2.75) is 0 Å². The first-order chi connectivity index (χ1) is 6.93. The first-order valence-corrected chi connectivity index (χ1v) is 5.28. The zero-order chi connectivity index (χ0) is 9.38. The van der Waals surface area contributed by atoms with Gasteiger partial charge in [0.25, 0.3) is 0 Å². The van der Waals surface area contributed by atoms with Crippen LogP contribution in [0.4, 0.5) is 0 Å². The third-order valence-corrected chi connectivity index (χ3v) is 3.03. The molecule has 2 heterocycles. The van der Waals surface area contributed by atoms with Crippen LogP contribution in [0.3, 0.4) is 0 Å². The molecule has 2 aromatic heterocycles. The van der Waals surface area contributed by atoms with Crippen molar-refractivity contribution < 1.29 is 0 Å². The van der Waals surface area contributed by atoms with Gasteiger partial charge in [-0.1, -0.05) is 6.07 Å². The molecule has 0 unspecified atom stereocenters. The average Bonchev–Trinajstić information content (AvgIpc) is 2.88. The van der Waals surface area contributed by atoms with Crippen LogP contribution in [0.1, 0.15) is 0 Å². The lowest BCUT2D eigenvalue weighted by molar-refractivity contribution is 1.40. The molecule has 0 atom stereocenters. The summed E-state index contributed by atoms with van der Waals surface area (Å²) in [6, 6.07) is 10.4. The highest BCUT2D eigenvalue weighted by atomic mass is 32.1. The molecule has 14 heavy (non-hydrogen) atoms. The first-order valence-electron chi connectivity index (χ1n) is 4.40. The molecule has 0 spiro atoms. The van der Waals surface area contributed by atoms with Gasteiger partial charge in [-0.3, -0.25) is 0 Å². The van der Waals surface area contributed by atoms with Crippen LogP contribution in [-0.4, -0.2) is 9.97 Å². The van der Waals surface area contributed by atoms with Crippen molar-refractivity contribution in [1.29, 1.82) is 0 Å². The van der Waals surface area contributed by atoms with Crippen molar-refractivity contribution in [3.8, 4) is 11.3 Å². The van der Waals surface area contributed by atoms with E-state index in [1.807, 2.05) is 17.8 Å². The topological polar surface area (TPSA) is 28.7 Å². The van der Waals surface area contributed by atoms with Crippen LogP contribution in [0.25, 0.3) is 21.5 Å². The van der Waals surface area contributed by atoms with E-state index < -0.39 is 0 Å². The number of aromatic amines is 1. The summed E-state index contributed by atoms with van der Waals surface area (Å²) in [4.78, 5) is 7.44. The maximum Gasteiger partial charge on any atom is 0.0812 e. The van der Waals surface area contributed by atoms with E-state index in [4.69, 9.17) is 0 Å². The maximum atomic E-state index is 4.25. The Morgan fingerprint density at radius 2 is 2.21 bits per heavy atom. The molecule has 1 N–H and O–H groups in total. The van der Waals surface area contributed by atoms with Gasteiger partial charge >= 0.3 is 0 Å². The number of rotatable bonds is 1. The lowest BCUT2D eigenvalue weighted by Gasteiger charge is -1.96. The summed E-state index contributed by atoms with van der Waals surface area (Å²) in [6.07, 6.45) is 1.94. The highest BCUT2D eigenvalue weighted by Crippen LogP contribution is 2.24. The molecule has 0 amide bonds. The molecule has 0 aliphatic heterocycles. The molecule has 3 aromatic rings. The van der Waals surface area contributed by atoms with Gasteiger partial charge in [0, 0.05) is 11.9 Å². The van der Waals surface area contributed by atoms with Gasteiger partial charge in [-0.25, -0.2) is 4.98 Å². The van der Waals surface area contributed by atoms with Gasteiger partial charge in [0.05, 0.1) is 15.7 Å². The molecular formula is C11H8N2S. The van der Waals surface area contributed by atoms with Gasteiger partial charge < -0.3 is 4.98 Å². The Labute approximate surface area is 85.2 Å². The summed E-state index contributed by atoms with van der Waals surface area (Å²) < 4.78 is 1.23. The van der Waals surface area contributed by atoms with Gasteiger partial charge in [-0.15, -0.1) is 11.3 Å². The van der Waals surface area contributed by atoms with Crippen molar-refractivity contribution in [2.75, 3.05) is 0 Å². The van der Waals surface area contributed by atoms with Crippen molar-refractivity contribution in [3.05, 3.63) is 42.0 Å². The molecule has 0 saturated carbocycles. The monoisotopic (exact) mass is 200 g/mol. The minimum Gasteiger partial charge on any atom is -0.361 e. The number of benzene rings is 1. The molecule has 0 aliphatic carbocycles. The minimum atomic E-state index is 1.07. The van der Waals surface area contributed by atoms with E-state index in [2.05, 4.69) is 34.2 Å². The Balaban J connectivity index is 2.23. The van der Waals surface area contributed by atoms with E-state index in [0.717, 1.165) is 11.2 Å². The highest BCUT2D eigenvalue weighted by molar-refractivity contribution is 7.16. The summed E-state index contributed by atoms with van der Waals surface area (Å²) in [7, 11) is 0. The van der Waals surface area contributed by atoms with Crippen LogP contribution < -0.4 is 0 Å². The Morgan fingerprint density at radius 3 is 3.07 bits per heavy atom. The predicted molar refractivity (Wildman–Crippen MR) is 59.4 cm³/mol. The second-order valence-electron chi connectivity index (χ2n) is 3.12. The Bertz CT molecular complexity index is 551. The van der Waals surface area contributed by atoms with Crippen LogP contribution in [-0.2, 0) is 0 Å². The molecular weight excluding hydrogens is 192 g/mol. The number of hydrogen-bond acceptors (Lipinski definition) is 2. The van der Waals surface area contributed by atoms with Crippen molar-refractivity contribution in [1.82, 2.24) is 9.97 Å². The fourth-order valence-electron chi connectivity index (χ4n) is 1.53. The molecule has 0 radical (unpaired) electrons. The molecule has 0 aliphatic rings. The fourth-order valence-corrected chi connectivity index (χ4v) is 2.25. The molecule has 0 bridgehead atoms. The van der Waals surface area contributed by atoms with Crippen LogP contribution >= 0.6 is 11.3 Å². The third-order valence-electron chi connectivity index (χ3n) is 2.24. The minimum absolute atomic E-state index is 1.07. The fraction of sp³-hybridized carbons (Fsp3) is 0. The molecule has 3 rings (SSSR count). The maximum absolute atomic E-state index is 4.25. The third kappa shape index (κ3) is 1.14. The van der Waals surface area contributed by atoms with E-state index in [1.54, 1.807) is 11.3 Å². The SMILES string of the molecule is c1c[nH]c(-c2ccc3ncsc3c2)c1. The normalized spacial score (nSPS) is 10.9. The second-order valence-corrected chi connectivity index (χ2v) is 4.01. The lowest BCUT2D eigenvalue weighted by atomic mass is 10.1.